The van der Waals surface area contributed by atoms with E-state index in [0.717, 1.165) is 25.7 Å². The average Bonchev–Trinajstić information content (AvgIpc) is 2.55. The summed E-state index contributed by atoms with van der Waals surface area (Å²) in [5.41, 5.74) is 0. The van der Waals surface area contributed by atoms with Gasteiger partial charge in [-0.3, -0.25) is 9.59 Å². The number of aliphatic hydroxyl groups is 1. The normalized spacial score (nSPS) is 12.7. The summed E-state index contributed by atoms with van der Waals surface area (Å²) < 4.78 is 0.132. The summed E-state index contributed by atoms with van der Waals surface area (Å²) in [6.45, 7) is 3.23. The van der Waals surface area contributed by atoms with Gasteiger partial charge in [0.25, 0.3) is 0 Å². The third-order valence-corrected chi connectivity index (χ3v) is 4.33. The second-order valence-electron chi connectivity index (χ2n) is 6.39. The van der Waals surface area contributed by atoms with Gasteiger partial charge in [0.15, 0.2) is 0 Å². The Morgan fingerprint density at radius 2 is 1.62 bits per heavy atom. The number of quaternary nitrogens is 1. The van der Waals surface area contributed by atoms with Gasteiger partial charge in [-0.2, -0.15) is 0 Å². The monoisotopic (exact) mass is 383 g/mol. The van der Waals surface area contributed by atoms with Crippen molar-refractivity contribution in [2.45, 2.75) is 51.9 Å². The van der Waals surface area contributed by atoms with Crippen LogP contribution in [0, 0.1) is 0 Å². The first-order chi connectivity index (χ1) is 11.8. The van der Waals surface area contributed by atoms with Crippen LogP contribution in [0.4, 0.5) is 0 Å². The average molecular weight is 383 g/mol. The zero-order valence-electron chi connectivity index (χ0n) is 16.2. The van der Waals surface area contributed by atoms with Crippen molar-refractivity contribution in [1.29, 1.82) is 0 Å². The molecule has 0 bridgehead atoms. The fraction of sp³-hybridized carbons (Fsp3) is 0.824. The van der Waals surface area contributed by atoms with Crippen LogP contribution in [0.3, 0.4) is 0 Å². The largest absolute Gasteiger partial charge is 1.00 e. The van der Waals surface area contributed by atoms with Gasteiger partial charge in [-0.25, -0.2) is 0 Å². The molecule has 26 heavy (non-hydrogen) atoms. The molecule has 9 heteroatoms. The van der Waals surface area contributed by atoms with Gasteiger partial charge in [0.05, 0.1) is 39.2 Å². The zero-order chi connectivity index (χ0) is 19.1. The number of aliphatic carboxylic acids is 2. The third-order valence-electron chi connectivity index (χ3n) is 4.33. The fourth-order valence-corrected chi connectivity index (χ4v) is 2.78. The van der Waals surface area contributed by atoms with Crippen molar-refractivity contribution in [1.82, 2.24) is 5.32 Å². The molecule has 0 aromatic carbocycles. The van der Waals surface area contributed by atoms with E-state index in [2.05, 4.69) is 12.2 Å². The minimum Gasteiger partial charge on any atom is -0.550 e. The molecule has 146 valence electrons. The Bertz CT molecular complexity index is 402. The van der Waals surface area contributed by atoms with E-state index in [1.165, 1.54) is 0 Å². The summed E-state index contributed by atoms with van der Waals surface area (Å²) in [5, 5.41) is 31.8. The van der Waals surface area contributed by atoms with Crippen LogP contribution >= 0.6 is 0 Å². The number of hydrogen-bond acceptors (Lipinski definition) is 5. The topological polar surface area (TPSA) is 127 Å². The fourth-order valence-electron chi connectivity index (χ4n) is 2.78. The van der Waals surface area contributed by atoms with Crippen molar-refractivity contribution in [2.75, 3.05) is 39.3 Å². The first-order valence-electron chi connectivity index (χ1n) is 8.99. The number of unbranched alkanes of at least 4 members (excludes halogenated alkanes) is 3. The molecule has 0 heterocycles. The van der Waals surface area contributed by atoms with Gasteiger partial charge in [0.1, 0.15) is 6.54 Å². The molecule has 0 aliphatic rings. The number of nitrogens with zero attached hydrogens (tertiary/aromatic N) is 1. The standard InChI is InChI=1S/C17H32N2O6.Na/c1-2-3-4-5-6-15(21)18-9-12-19(13-14-20,10-7-16(22)23)11-8-17(24)25;/h20H,2-14H2,1H3,(H2-,18,21,22,23,24,25);/q;+1. The SMILES string of the molecule is CCCCCCC(=O)NCC[N+](CCO)(CCC(=O)[O-])CCC(=O)O.[Na+]. The van der Waals surface area contributed by atoms with E-state index in [-0.39, 0.29) is 79.0 Å². The molecular formula is C17H32N2NaO6+. The summed E-state index contributed by atoms with van der Waals surface area (Å²) in [6.07, 6.45) is 4.16. The molecule has 1 atom stereocenters. The Labute approximate surface area is 177 Å². The number of aliphatic hydroxyl groups excluding tert-OH is 1. The molecule has 0 aliphatic heterocycles. The van der Waals surface area contributed by atoms with Crippen LogP contribution in [0.1, 0.15) is 51.9 Å². The second kappa shape index (κ2) is 16.5. The smallest absolute Gasteiger partial charge is 0.550 e. The Morgan fingerprint density at radius 3 is 2.15 bits per heavy atom. The molecule has 0 aliphatic carbocycles. The maximum absolute atomic E-state index is 11.8. The zero-order valence-corrected chi connectivity index (χ0v) is 18.2. The molecule has 0 fully saturated rings. The number of carboxylic acids is 2. The van der Waals surface area contributed by atoms with Gasteiger partial charge < -0.3 is 29.9 Å². The van der Waals surface area contributed by atoms with Gasteiger partial charge in [-0.1, -0.05) is 26.2 Å². The molecule has 0 saturated carbocycles. The summed E-state index contributed by atoms with van der Waals surface area (Å²) in [5.74, 6) is -2.25. The van der Waals surface area contributed by atoms with E-state index in [9.17, 15) is 24.6 Å². The van der Waals surface area contributed by atoms with Crippen molar-refractivity contribution < 1.29 is 63.7 Å². The first-order valence-corrected chi connectivity index (χ1v) is 8.99. The number of carbonyl (C=O) groups excluding carboxylic acids is 2. The van der Waals surface area contributed by atoms with Crippen molar-refractivity contribution in [3.8, 4) is 0 Å². The summed E-state index contributed by atoms with van der Waals surface area (Å²) in [4.78, 5) is 33.5. The maximum Gasteiger partial charge on any atom is 1.00 e. The van der Waals surface area contributed by atoms with Crippen LogP contribution in [-0.2, 0) is 14.4 Å². The minimum absolute atomic E-state index is 0. The van der Waals surface area contributed by atoms with E-state index >= 15 is 0 Å². The molecule has 0 radical (unpaired) electrons. The molecule has 1 unspecified atom stereocenters. The number of hydrogen-bond donors (Lipinski definition) is 3. The third kappa shape index (κ3) is 14.5. The van der Waals surface area contributed by atoms with Crippen LogP contribution in [0.25, 0.3) is 0 Å². The van der Waals surface area contributed by atoms with Crippen molar-refractivity contribution in [3.05, 3.63) is 0 Å². The van der Waals surface area contributed by atoms with Crippen LogP contribution in [0.5, 0.6) is 0 Å². The summed E-state index contributed by atoms with van der Waals surface area (Å²) >= 11 is 0. The Balaban J connectivity index is 0. The number of carboxylic acid groups (broad SMARTS) is 2. The predicted molar refractivity (Wildman–Crippen MR) is 90.5 cm³/mol. The summed E-state index contributed by atoms with van der Waals surface area (Å²) in [6, 6.07) is 0. The molecule has 0 aromatic heterocycles. The van der Waals surface area contributed by atoms with Gasteiger partial charge in [0.2, 0.25) is 5.91 Å². The van der Waals surface area contributed by atoms with Crippen LogP contribution in [0.2, 0.25) is 0 Å². The molecule has 3 N–H and O–H groups in total. The van der Waals surface area contributed by atoms with E-state index < -0.39 is 11.9 Å². The van der Waals surface area contributed by atoms with Gasteiger partial charge >= 0.3 is 35.5 Å². The van der Waals surface area contributed by atoms with Crippen molar-refractivity contribution in [2.24, 2.45) is 0 Å². The maximum atomic E-state index is 11.8. The molecule has 0 saturated heterocycles. The van der Waals surface area contributed by atoms with Crippen LogP contribution < -0.4 is 40.0 Å². The van der Waals surface area contributed by atoms with Crippen LogP contribution in [-0.4, -0.2) is 71.9 Å². The van der Waals surface area contributed by atoms with E-state index in [1.54, 1.807) is 0 Å². The predicted octanol–water partition coefficient (Wildman–Crippen LogP) is -3.50. The van der Waals surface area contributed by atoms with Gasteiger partial charge in [0, 0.05) is 18.8 Å². The Hall–Kier alpha value is -0.670. The number of carbonyl (C=O) groups is 3. The second-order valence-corrected chi connectivity index (χ2v) is 6.39. The number of amides is 1. The molecule has 1 amide bonds. The molecule has 0 spiro atoms. The van der Waals surface area contributed by atoms with E-state index in [0.29, 0.717) is 19.5 Å². The van der Waals surface area contributed by atoms with Gasteiger partial charge in [-0.15, -0.1) is 0 Å². The first kappa shape index (κ1) is 27.5. The van der Waals surface area contributed by atoms with Crippen LogP contribution in [0.15, 0.2) is 0 Å². The number of rotatable bonds is 16. The van der Waals surface area contributed by atoms with Gasteiger partial charge in [-0.05, 0) is 6.42 Å². The molecule has 8 nitrogen and oxygen atoms in total. The Kier molecular flexibility index (Phi) is 17.5. The quantitative estimate of drug-likeness (QED) is 0.144. The van der Waals surface area contributed by atoms with E-state index in [1.807, 2.05) is 0 Å². The van der Waals surface area contributed by atoms with Crippen molar-refractivity contribution in [3.63, 3.8) is 0 Å². The summed E-state index contributed by atoms with van der Waals surface area (Å²) in [7, 11) is 0. The molecule has 0 rings (SSSR count). The number of nitrogens with one attached hydrogen (secondary N) is 1. The molecular weight excluding hydrogens is 351 g/mol. The minimum atomic E-state index is -1.21. The van der Waals surface area contributed by atoms with E-state index in [4.69, 9.17) is 5.11 Å². The Morgan fingerprint density at radius 1 is 0.962 bits per heavy atom. The van der Waals surface area contributed by atoms with Crippen molar-refractivity contribution >= 4 is 17.8 Å². The molecule has 0 aromatic rings.